The van der Waals surface area contributed by atoms with Crippen molar-refractivity contribution >= 4 is 11.6 Å². The first kappa shape index (κ1) is 17.0. The molecule has 4 nitrogen and oxygen atoms in total. The fourth-order valence-corrected chi connectivity index (χ4v) is 2.33. The molecule has 2 aromatic carbocycles. The Hall–Kier alpha value is -2.40. The fourth-order valence-electron chi connectivity index (χ4n) is 2.33. The number of nitrogens with one attached hydrogen (secondary N) is 2. The Balaban J connectivity index is 1.92. The second-order valence-electron chi connectivity index (χ2n) is 5.33. The zero-order valence-corrected chi connectivity index (χ0v) is 13.4. The fraction of sp³-hybridized carbons (Fsp3) is 0.278. The minimum Gasteiger partial charge on any atom is -0.497 e. The third-order valence-electron chi connectivity index (χ3n) is 3.68. The van der Waals surface area contributed by atoms with E-state index in [0.29, 0.717) is 12.1 Å². The highest BCUT2D eigenvalue weighted by Crippen LogP contribution is 2.14. The van der Waals surface area contributed by atoms with Crippen LogP contribution in [0.2, 0.25) is 0 Å². The molecule has 0 bridgehead atoms. The normalized spacial score (nSPS) is 11.8. The quantitative estimate of drug-likeness (QED) is 0.819. The van der Waals surface area contributed by atoms with Crippen LogP contribution in [0.4, 0.5) is 10.1 Å². The topological polar surface area (TPSA) is 42.8 Å². The summed E-state index contributed by atoms with van der Waals surface area (Å²) in [5, 5.41) is 2.85. The number of rotatable bonds is 7. The van der Waals surface area contributed by atoms with E-state index in [0.717, 1.165) is 22.9 Å². The molecule has 0 aliphatic heterocycles. The van der Waals surface area contributed by atoms with Gasteiger partial charge < -0.3 is 15.0 Å². The summed E-state index contributed by atoms with van der Waals surface area (Å²) in [5.41, 5.74) is 1.35. The number of likely N-dealkylation sites (N-methyl/N-ethyl adjacent to an activating group) is 1. The zero-order valence-electron chi connectivity index (χ0n) is 13.4. The van der Waals surface area contributed by atoms with Crippen LogP contribution in [0.5, 0.6) is 5.75 Å². The molecule has 1 unspecified atom stereocenters. The number of carbonyl (C=O) groups excluding carboxylic acids is 1. The van der Waals surface area contributed by atoms with E-state index in [1.54, 1.807) is 43.5 Å². The SMILES string of the molecule is CC[NH+](CC(=O)Nc1ccc(OC)cc1)Cc1ccccc1F. The molecule has 0 aliphatic carbocycles. The molecule has 23 heavy (non-hydrogen) atoms. The number of quaternary nitrogens is 1. The van der Waals surface area contributed by atoms with Crippen LogP contribution in [0.1, 0.15) is 12.5 Å². The molecule has 5 heteroatoms. The average molecular weight is 317 g/mol. The van der Waals surface area contributed by atoms with E-state index in [4.69, 9.17) is 4.74 Å². The predicted molar refractivity (Wildman–Crippen MR) is 88.1 cm³/mol. The van der Waals surface area contributed by atoms with Gasteiger partial charge in [0.05, 0.1) is 13.7 Å². The van der Waals surface area contributed by atoms with Gasteiger partial charge in [-0.25, -0.2) is 4.39 Å². The summed E-state index contributed by atoms with van der Waals surface area (Å²) >= 11 is 0. The van der Waals surface area contributed by atoms with E-state index in [1.807, 2.05) is 13.0 Å². The van der Waals surface area contributed by atoms with E-state index in [2.05, 4.69) is 5.32 Å². The van der Waals surface area contributed by atoms with Gasteiger partial charge in [0.25, 0.3) is 5.91 Å². The molecule has 2 N–H and O–H groups in total. The van der Waals surface area contributed by atoms with E-state index in [-0.39, 0.29) is 18.3 Å². The number of hydrogen-bond acceptors (Lipinski definition) is 2. The third-order valence-corrected chi connectivity index (χ3v) is 3.68. The lowest BCUT2D eigenvalue weighted by atomic mass is 10.2. The van der Waals surface area contributed by atoms with E-state index >= 15 is 0 Å². The number of amides is 1. The van der Waals surface area contributed by atoms with Crippen LogP contribution in [-0.2, 0) is 11.3 Å². The monoisotopic (exact) mass is 317 g/mol. The summed E-state index contributed by atoms with van der Waals surface area (Å²) in [5.74, 6) is 0.417. The molecule has 0 radical (unpaired) electrons. The van der Waals surface area contributed by atoms with Gasteiger partial charge in [-0.1, -0.05) is 18.2 Å². The van der Waals surface area contributed by atoms with Gasteiger partial charge in [0.1, 0.15) is 18.1 Å². The first-order valence-corrected chi connectivity index (χ1v) is 7.63. The Kier molecular flexibility index (Phi) is 6.11. The Bertz CT molecular complexity index is 644. The predicted octanol–water partition coefficient (Wildman–Crippen LogP) is 1.88. The molecule has 0 saturated heterocycles. The lowest BCUT2D eigenvalue weighted by Gasteiger charge is -2.17. The average Bonchev–Trinajstić information content (AvgIpc) is 2.56. The van der Waals surface area contributed by atoms with Crippen LogP contribution in [0.3, 0.4) is 0 Å². The molecular weight excluding hydrogens is 295 g/mol. The maximum atomic E-state index is 13.7. The Morgan fingerprint density at radius 1 is 1.17 bits per heavy atom. The van der Waals surface area contributed by atoms with Crippen molar-refractivity contribution in [1.29, 1.82) is 0 Å². The first-order chi connectivity index (χ1) is 11.1. The van der Waals surface area contributed by atoms with Gasteiger partial charge in [0.15, 0.2) is 6.54 Å². The van der Waals surface area contributed by atoms with E-state index < -0.39 is 0 Å². The van der Waals surface area contributed by atoms with Crippen LogP contribution in [-0.4, -0.2) is 26.1 Å². The summed E-state index contributed by atoms with van der Waals surface area (Å²) < 4.78 is 18.8. The number of carbonyl (C=O) groups is 1. The van der Waals surface area contributed by atoms with Gasteiger partial charge in [0, 0.05) is 11.3 Å². The largest absolute Gasteiger partial charge is 0.497 e. The number of hydrogen-bond donors (Lipinski definition) is 2. The molecule has 0 saturated carbocycles. The summed E-state index contributed by atoms with van der Waals surface area (Å²) in [4.78, 5) is 13.2. The molecule has 1 amide bonds. The lowest BCUT2D eigenvalue weighted by Crippen LogP contribution is -3.11. The van der Waals surface area contributed by atoms with Gasteiger partial charge >= 0.3 is 0 Å². The molecule has 2 aromatic rings. The van der Waals surface area contributed by atoms with Gasteiger partial charge in [-0.15, -0.1) is 0 Å². The molecular formula is C18H22FN2O2+. The van der Waals surface area contributed by atoms with Crippen LogP contribution < -0.4 is 15.0 Å². The van der Waals surface area contributed by atoms with Crippen LogP contribution in [0.25, 0.3) is 0 Å². The number of benzene rings is 2. The minimum absolute atomic E-state index is 0.0941. The van der Waals surface area contributed by atoms with Crippen molar-refractivity contribution in [2.75, 3.05) is 25.5 Å². The van der Waals surface area contributed by atoms with Gasteiger partial charge in [0.2, 0.25) is 0 Å². The summed E-state index contributed by atoms with van der Waals surface area (Å²) in [6.45, 7) is 3.50. The molecule has 2 rings (SSSR count). The van der Waals surface area contributed by atoms with Gasteiger partial charge in [-0.05, 0) is 37.3 Å². The zero-order chi connectivity index (χ0) is 16.7. The second-order valence-corrected chi connectivity index (χ2v) is 5.33. The number of methoxy groups -OCH3 is 1. The lowest BCUT2D eigenvalue weighted by molar-refractivity contribution is -0.904. The number of ether oxygens (including phenoxy) is 1. The van der Waals surface area contributed by atoms with Crippen LogP contribution >= 0.6 is 0 Å². The number of halogens is 1. The molecule has 122 valence electrons. The number of anilines is 1. The maximum absolute atomic E-state index is 13.7. The van der Waals surface area contributed by atoms with Crippen LogP contribution in [0.15, 0.2) is 48.5 Å². The van der Waals surface area contributed by atoms with Crippen molar-refractivity contribution < 1.29 is 18.8 Å². The standard InChI is InChI=1S/C18H21FN2O2/c1-3-21(12-14-6-4-5-7-17(14)19)13-18(22)20-15-8-10-16(23-2)11-9-15/h4-11H,3,12-13H2,1-2H3,(H,20,22)/p+1. The van der Waals surface area contributed by atoms with Crippen molar-refractivity contribution in [2.24, 2.45) is 0 Å². The van der Waals surface area contributed by atoms with E-state index in [1.165, 1.54) is 6.07 Å². The molecule has 0 aromatic heterocycles. The molecule has 1 atom stereocenters. The van der Waals surface area contributed by atoms with Crippen LogP contribution in [0, 0.1) is 5.82 Å². The Morgan fingerprint density at radius 2 is 1.87 bits per heavy atom. The van der Waals surface area contributed by atoms with E-state index in [9.17, 15) is 9.18 Å². The summed E-state index contributed by atoms with van der Waals surface area (Å²) in [6, 6.07) is 13.8. The molecule has 0 fully saturated rings. The molecule has 0 heterocycles. The smallest absolute Gasteiger partial charge is 0.279 e. The van der Waals surface area contributed by atoms with Crippen molar-refractivity contribution in [2.45, 2.75) is 13.5 Å². The highest BCUT2D eigenvalue weighted by molar-refractivity contribution is 5.91. The first-order valence-electron chi connectivity index (χ1n) is 7.63. The van der Waals surface area contributed by atoms with Crippen molar-refractivity contribution in [3.8, 4) is 5.75 Å². The highest BCUT2D eigenvalue weighted by Gasteiger charge is 2.15. The maximum Gasteiger partial charge on any atom is 0.279 e. The molecule has 0 aliphatic rings. The Labute approximate surface area is 135 Å². The van der Waals surface area contributed by atoms with Gasteiger partial charge in [-0.2, -0.15) is 0 Å². The summed E-state index contributed by atoms with van der Waals surface area (Å²) in [7, 11) is 1.60. The molecule has 0 spiro atoms. The van der Waals surface area contributed by atoms with Gasteiger partial charge in [-0.3, -0.25) is 4.79 Å². The minimum atomic E-state index is -0.228. The second kappa shape index (κ2) is 8.29. The van der Waals surface area contributed by atoms with Crippen molar-refractivity contribution in [3.05, 3.63) is 59.9 Å². The van der Waals surface area contributed by atoms with Crippen molar-refractivity contribution in [3.63, 3.8) is 0 Å². The highest BCUT2D eigenvalue weighted by atomic mass is 19.1. The third kappa shape index (κ3) is 5.07. The Morgan fingerprint density at radius 3 is 2.48 bits per heavy atom. The summed E-state index contributed by atoms with van der Waals surface area (Å²) in [6.07, 6.45) is 0. The van der Waals surface area contributed by atoms with Crippen molar-refractivity contribution in [1.82, 2.24) is 0 Å².